The van der Waals surface area contributed by atoms with Crippen LogP contribution in [0.25, 0.3) is 0 Å². The van der Waals surface area contributed by atoms with Crippen LogP contribution in [0.4, 0.5) is 9.59 Å². The number of ether oxygens (including phenoxy) is 2. The molecule has 3 atom stereocenters. The van der Waals surface area contributed by atoms with Gasteiger partial charge in [-0.15, -0.1) is 0 Å². The van der Waals surface area contributed by atoms with Crippen molar-refractivity contribution in [2.24, 2.45) is 17.8 Å². The van der Waals surface area contributed by atoms with Crippen LogP contribution in [-0.2, 0) is 16.1 Å². The number of fused-ring (bicyclic) bond motifs is 1. The molecule has 1 aromatic rings. The summed E-state index contributed by atoms with van der Waals surface area (Å²) in [4.78, 5) is 25.9. The molecule has 6 nitrogen and oxygen atoms in total. The van der Waals surface area contributed by atoms with E-state index in [0.29, 0.717) is 24.3 Å². The molecule has 0 spiro atoms. The first-order valence-electron chi connectivity index (χ1n) is 9.72. The Kier molecular flexibility index (Phi) is 5.92. The average Bonchev–Trinajstić information content (AvgIpc) is 3.16. The van der Waals surface area contributed by atoms with Crippen LogP contribution in [0.15, 0.2) is 30.3 Å². The van der Waals surface area contributed by atoms with Crippen LogP contribution in [0, 0.1) is 17.8 Å². The zero-order valence-electron chi connectivity index (χ0n) is 16.4. The summed E-state index contributed by atoms with van der Waals surface area (Å²) < 4.78 is 10.7. The number of likely N-dealkylation sites (tertiary alicyclic amines) is 1. The molecule has 1 aliphatic carbocycles. The number of carbonyl (C=O) groups is 2. The van der Waals surface area contributed by atoms with Gasteiger partial charge in [0.05, 0.1) is 0 Å². The van der Waals surface area contributed by atoms with Crippen LogP contribution < -0.4 is 5.32 Å². The van der Waals surface area contributed by atoms with Crippen molar-refractivity contribution < 1.29 is 19.1 Å². The van der Waals surface area contributed by atoms with E-state index >= 15 is 0 Å². The predicted octanol–water partition coefficient (Wildman–Crippen LogP) is 3.81. The van der Waals surface area contributed by atoms with Crippen molar-refractivity contribution in [1.82, 2.24) is 10.2 Å². The molecule has 3 rings (SSSR count). The second kappa shape index (κ2) is 8.19. The van der Waals surface area contributed by atoms with E-state index in [1.54, 1.807) is 0 Å². The fourth-order valence-electron chi connectivity index (χ4n) is 4.07. The molecule has 1 N–H and O–H groups in total. The van der Waals surface area contributed by atoms with Crippen molar-refractivity contribution in [1.29, 1.82) is 0 Å². The molecule has 0 radical (unpaired) electrons. The third-order valence-corrected chi connectivity index (χ3v) is 5.25. The molecular formula is C21H30N2O4. The van der Waals surface area contributed by atoms with Crippen LogP contribution in [0.2, 0.25) is 0 Å². The van der Waals surface area contributed by atoms with Gasteiger partial charge in [0.1, 0.15) is 12.2 Å². The highest BCUT2D eigenvalue weighted by atomic mass is 16.6. The normalized spacial score (nSPS) is 24.4. The van der Waals surface area contributed by atoms with Crippen LogP contribution in [0.5, 0.6) is 0 Å². The molecule has 2 aliphatic rings. The molecular weight excluding hydrogens is 344 g/mol. The number of rotatable bonds is 4. The van der Waals surface area contributed by atoms with Crippen LogP contribution >= 0.6 is 0 Å². The van der Waals surface area contributed by atoms with Crippen molar-refractivity contribution >= 4 is 12.2 Å². The molecule has 1 saturated carbocycles. The van der Waals surface area contributed by atoms with Crippen LogP contribution in [0.3, 0.4) is 0 Å². The van der Waals surface area contributed by atoms with Gasteiger partial charge < -0.3 is 19.7 Å². The van der Waals surface area contributed by atoms with Crippen molar-refractivity contribution in [3.8, 4) is 0 Å². The number of benzene rings is 1. The van der Waals surface area contributed by atoms with E-state index in [2.05, 4.69) is 5.32 Å². The summed E-state index contributed by atoms with van der Waals surface area (Å²) in [6.45, 7) is 8.10. The van der Waals surface area contributed by atoms with E-state index in [-0.39, 0.29) is 18.8 Å². The molecule has 27 heavy (non-hydrogen) atoms. The summed E-state index contributed by atoms with van der Waals surface area (Å²) in [6, 6.07) is 9.65. The maximum atomic E-state index is 12.2. The highest BCUT2D eigenvalue weighted by Gasteiger charge is 2.43. The highest BCUT2D eigenvalue weighted by molar-refractivity contribution is 5.68. The maximum Gasteiger partial charge on any atom is 0.410 e. The van der Waals surface area contributed by atoms with E-state index < -0.39 is 5.60 Å². The summed E-state index contributed by atoms with van der Waals surface area (Å²) in [5, 5.41) is 2.88. The topological polar surface area (TPSA) is 67.9 Å². The molecule has 1 aromatic carbocycles. The number of nitrogens with one attached hydrogen (secondary N) is 1. The predicted molar refractivity (Wildman–Crippen MR) is 102 cm³/mol. The van der Waals surface area contributed by atoms with Gasteiger partial charge in [0.15, 0.2) is 0 Å². The number of amides is 2. The zero-order valence-corrected chi connectivity index (χ0v) is 16.4. The van der Waals surface area contributed by atoms with Crippen molar-refractivity contribution in [2.45, 2.75) is 45.8 Å². The molecule has 1 saturated heterocycles. The second-order valence-corrected chi connectivity index (χ2v) is 8.69. The largest absolute Gasteiger partial charge is 0.445 e. The molecule has 1 unspecified atom stereocenters. The molecule has 0 aromatic heterocycles. The third-order valence-electron chi connectivity index (χ3n) is 5.25. The minimum atomic E-state index is -0.457. The fourth-order valence-corrected chi connectivity index (χ4v) is 4.07. The lowest BCUT2D eigenvalue weighted by Gasteiger charge is -2.25. The Morgan fingerprint density at radius 2 is 1.74 bits per heavy atom. The first-order valence-corrected chi connectivity index (χ1v) is 9.72. The highest BCUT2D eigenvalue weighted by Crippen LogP contribution is 2.41. The third kappa shape index (κ3) is 5.62. The minimum absolute atomic E-state index is 0.212. The molecule has 6 heteroatoms. The Morgan fingerprint density at radius 3 is 2.33 bits per heavy atom. The van der Waals surface area contributed by atoms with E-state index in [9.17, 15) is 9.59 Å². The van der Waals surface area contributed by atoms with Crippen molar-refractivity contribution in [3.63, 3.8) is 0 Å². The first kappa shape index (κ1) is 19.5. The monoisotopic (exact) mass is 374 g/mol. The Hall–Kier alpha value is -2.24. The Bertz CT molecular complexity index is 642. The van der Waals surface area contributed by atoms with E-state index in [0.717, 1.165) is 31.5 Å². The van der Waals surface area contributed by atoms with Crippen LogP contribution in [0.1, 0.15) is 39.2 Å². The van der Waals surface area contributed by atoms with Crippen LogP contribution in [-0.4, -0.2) is 42.3 Å². The van der Waals surface area contributed by atoms with Gasteiger partial charge in [-0.25, -0.2) is 9.59 Å². The van der Waals surface area contributed by atoms with Gasteiger partial charge >= 0.3 is 12.2 Å². The second-order valence-electron chi connectivity index (χ2n) is 8.69. The van der Waals surface area contributed by atoms with E-state index in [4.69, 9.17) is 9.47 Å². The van der Waals surface area contributed by atoms with Gasteiger partial charge in [0, 0.05) is 19.6 Å². The standard InChI is InChI=1S/C21H30N2O4/c1-21(2,3)27-20(25)23-12-17-9-16(10-18(17)13-23)11-22-19(24)26-14-15-7-5-4-6-8-15/h4-8,16-18H,9-14H2,1-3H3,(H,22,24)/t16?,17-,18+. The minimum Gasteiger partial charge on any atom is -0.445 e. The van der Waals surface area contributed by atoms with Gasteiger partial charge in [-0.2, -0.15) is 0 Å². The zero-order chi connectivity index (χ0) is 19.4. The van der Waals surface area contributed by atoms with Gasteiger partial charge in [0.25, 0.3) is 0 Å². The summed E-state index contributed by atoms with van der Waals surface area (Å²) in [5.74, 6) is 1.46. The maximum absolute atomic E-state index is 12.2. The summed E-state index contributed by atoms with van der Waals surface area (Å²) in [7, 11) is 0. The molecule has 1 heterocycles. The molecule has 0 bridgehead atoms. The van der Waals surface area contributed by atoms with E-state index in [1.165, 1.54) is 0 Å². The summed E-state index contributed by atoms with van der Waals surface area (Å²) in [6.07, 6.45) is 1.48. The van der Waals surface area contributed by atoms with E-state index in [1.807, 2.05) is 56.0 Å². The molecule has 2 amide bonds. The van der Waals surface area contributed by atoms with Gasteiger partial charge in [-0.05, 0) is 56.9 Å². The lowest BCUT2D eigenvalue weighted by Crippen LogP contribution is -2.36. The summed E-state index contributed by atoms with van der Waals surface area (Å²) in [5.41, 5.74) is 0.520. The SMILES string of the molecule is CC(C)(C)OC(=O)N1C[C@H]2CC(CNC(=O)OCc3ccccc3)C[C@H]2C1. The molecule has 2 fully saturated rings. The number of hydrogen-bond donors (Lipinski definition) is 1. The molecule has 148 valence electrons. The van der Waals surface area contributed by atoms with Gasteiger partial charge in [0.2, 0.25) is 0 Å². The Balaban J connectivity index is 1.36. The average molecular weight is 374 g/mol. The lowest BCUT2D eigenvalue weighted by molar-refractivity contribution is 0.0278. The smallest absolute Gasteiger partial charge is 0.410 e. The number of alkyl carbamates (subject to hydrolysis) is 1. The van der Waals surface area contributed by atoms with Crippen molar-refractivity contribution in [3.05, 3.63) is 35.9 Å². The van der Waals surface area contributed by atoms with Crippen molar-refractivity contribution in [2.75, 3.05) is 19.6 Å². The Morgan fingerprint density at radius 1 is 1.11 bits per heavy atom. The fraction of sp³-hybridized carbons (Fsp3) is 0.619. The first-order chi connectivity index (χ1) is 12.8. The lowest BCUT2D eigenvalue weighted by atomic mass is 10.0. The van der Waals surface area contributed by atoms with Gasteiger partial charge in [-0.1, -0.05) is 30.3 Å². The number of carbonyl (C=O) groups excluding carboxylic acids is 2. The number of nitrogens with zero attached hydrogens (tertiary/aromatic N) is 1. The Labute approximate surface area is 161 Å². The molecule has 1 aliphatic heterocycles. The summed E-state index contributed by atoms with van der Waals surface area (Å²) >= 11 is 0. The van der Waals surface area contributed by atoms with Gasteiger partial charge in [-0.3, -0.25) is 0 Å². The quantitative estimate of drug-likeness (QED) is 0.870. The number of hydrogen-bond acceptors (Lipinski definition) is 4.